The lowest BCUT2D eigenvalue weighted by Crippen LogP contribution is -2.44. The number of nitrogens with one attached hydrogen (secondary N) is 2. The third kappa shape index (κ3) is 11.9. The summed E-state index contributed by atoms with van der Waals surface area (Å²) in [5.74, 6) is -2.36. The maximum Gasteiger partial charge on any atom is 0.351 e. The molecule has 0 unspecified atom stereocenters. The second kappa shape index (κ2) is 18.5. The van der Waals surface area contributed by atoms with Gasteiger partial charge in [-0.2, -0.15) is 4.98 Å². The van der Waals surface area contributed by atoms with E-state index in [1.807, 2.05) is 0 Å². The molecule has 2 amide bonds. The van der Waals surface area contributed by atoms with Gasteiger partial charge in [0.1, 0.15) is 30.2 Å². The van der Waals surface area contributed by atoms with Crippen molar-refractivity contribution in [2.24, 2.45) is 0 Å². The number of carboxylic acid groups (broad SMARTS) is 1. The molecule has 5 atom stereocenters. The minimum atomic E-state index is -1.48. The van der Waals surface area contributed by atoms with Gasteiger partial charge >= 0.3 is 11.7 Å². The van der Waals surface area contributed by atoms with Crippen LogP contribution in [0, 0.1) is 0 Å². The fourth-order valence-electron chi connectivity index (χ4n) is 4.75. The number of carboxylic acids is 1. The first-order valence-electron chi connectivity index (χ1n) is 14.7. The molecule has 2 heterocycles. The number of aliphatic hydroxyl groups is 3. The Morgan fingerprint density at radius 3 is 2.12 bits per heavy atom. The monoisotopic (exact) mass is 582 g/mol. The van der Waals surface area contributed by atoms with E-state index in [9.17, 15) is 34.5 Å². The fraction of sp³-hybridized carbons (Fsp3) is 0.750. The molecule has 2 rings (SSSR count). The molecule has 232 valence electrons. The van der Waals surface area contributed by atoms with E-state index >= 15 is 0 Å². The molecule has 0 radical (unpaired) electrons. The number of anilines is 1. The van der Waals surface area contributed by atoms with Crippen LogP contribution in [0.4, 0.5) is 5.82 Å². The summed E-state index contributed by atoms with van der Waals surface area (Å²) < 4.78 is 6.24. The number of nitrogens with zero attached hydrogens (tertiary/aromatic N) is 2. The van der Waals surface area contributed by atoms with E-state index in [1.54, 1.807) is 0 Å². The van der Waals surface area contributed by atoms with Crippen LogP contribution >= 0.6 is 0 Å². The van der Waals surface area contributed by atoms with E-state index in [0.29, 0.717) is 6.42 Å². The molecule has 1 aromatic rings. The van der Waals surface area contributed by atoms with Gasteiger partial charge in [0.05, 0.1) is 6.61 Å². The van der Waals surface area contributed by atoms with Crippen molar-refractivity contribution in [1.29, 1.82) is 0 Å². The predicted molar refractivity (Wildman–Crippen MR) is 150 cm³/mol. The molecule has 1 aliphatic rings. The highest BCUT2D eigenvalue weighted by Crippen LogP contribution is 2.28. The zero-order valence-electron chi connectivity index (χ0n) is 23.9. The number of unbranched alkanes of at least 4 members (excludes halogenated alkanes) is 10. The summed E-state index contributed by atoms with van der Waals surface area (Å²) in [5.41, 5.74) is -0.903. The van der Waals surface area contributed by atoms with E-state index in [2.05, 4.69) is 22.5 Å². The highest BCUT2D eigenvalue weighted by Gasteiger charge is 2.43. The quantitative estimate of drug-likeness (QED) is 0.123. The minimum Gasteiger partial charge on any atom is -0.481 e. The number of hydrogen-bond donors (Lipinski definition) is 6. The van der Waals surface area contributed by atoms with Crippen molar-refractivity contribution in [1.82, 2.24) is 14.9 Å². The minimum absolute atomic E-state index is 0.148. The lowest BCUT2D eigenvalue weighted by atomic mass is 10.0. The van der Waals surface area contributed by atoms with Gasteiger partial charge in [0.2, 0.25) is 11.8 Å². The number of hydrogen-bond acceptors (Lipinski definition) is 9. The lowest BCUT2D eigenvalue weighted by Gasteiger charge is -2.19. The van der Waals surface area contributed by atoms with Crippen LogP contribution in [0.15, 0.2) is 17.1 Å². The number of ether oxygens (including phenoxy) is 1. The van der Waals surface area contributed by atoms with E-state index in [1.165, 1.54) is 57.2 Å². The molecule has 1 aromatic heterocycles. The summed E-state index contributed by atoms with van der Waals surface area (Å²) >= 11 is 0. The molecule has 0 saturated carbocycles. The molecule has 1 saturated heterocycles. The van der Waals surface area contributed by atoms with Gasteiger partial charge < -0.3 is 35.8 Å². The molecule has 0 spiro atoms. The summed E-state index contributed by atoms with van der Waals surface area (Å²) in [5, 5.41) is 43.4. The number of carbonyl (C=O) groups excluding carboxylic acids is 2. The molecule has 0 bridgehead atoms. The van der Waals surface area contributed by atoms with Crippen molar-refractivity contribution >= 4 is 23.6 Å². The first-order valence-corrected chi connectivity index (χ1v) is 14.7. The first-order chi connectivity index (χ1) is 19.7. The Hall–Kier alpha value is -2.87. The highest BCUT2D eigenvalue weighted by molar-refractivity contribution is 5.96. The first kappa shape index (κ1) is 34.3. The molecule has 41 heavy (non-hydrogen) atoms. The summed E-state index contributed by atoms with van der Waals surface area (Å²) in [4.78, 5) is 52.7. The number of rotatable bonds is 20. The van der Waals surface area contributed by atoms with Gasteiger partial charge in [-0.05, 0) is 18.9 Å². The Kier molecular flexibility index (Phi) is 15.5. The Morgan fingerprint density at radius 2 is 1.59 bits per heavy atom. The van der Waals surface area contributed by atoms with Crippen molar-refractivity contribution in [2.75, 3.05) is 11.9 Å². The molecule has 6 N–H and O–H groups in total. The molecular formula is C28H46N4O9. The van der Waals surface area contributed by atoms with Crippen molar-refractivity contribution in [3.63, 3.8) is 0 Å². The normalized spacial score (nSPS) is 21.0. The van der Waals surface area contributed by atoms with Crippen LogP contribution < -0.4 is 16.3 Å². The van der Waals surface area contributed by atoms with Gasteiger partial charge in [-0.15, -0.1) is 0 Å². The van der Waals surface area contributed by atoms with E-state index < -0.39 is 54.8 Å². The second-order valence-corrected chi connectivity index (χ2v) is 10.6. The molecule has 0 aromatic carbocycles. The number of aliphatic carboxylic acids is 1. The Labute approximate surface area is 240 Å². The van der Waals surface area contributed by atoms with Gasteiger partial charge in [0.25, 0.3) is 0 Å². The van der Waals surface area contributed by atoms with Crippen molar-refractivity contribution in [3.8, 4) is 0 Å². The molecule has 1 aliphatic heterocycles. The maximum absolute atomic E-state index is 12.9. The largest absolute Gasteiger partial charge is 0.481 e. The van der Waals surface area contributed by atoms with E-state index in [0.717, 1.165) is 23.8 Å². The van der Waals surface area contributed by atoms with Crippen LogP contribution in [0.3, 0.4) is 0 Å². The topological polar surface area (TPSA) is 200 Å². The third-order valence-electron chi connectivity index (χ3n) is 7.18. The van der Waals surface area contributed by atoms with Crippen LogP contribution in [-0.2, 0) is 19.1 Å². The zero-order valence-corrected chi connectivity index (χ0v) is 23.9. The Morgan fingerprint density at radius 1 is 0.976 bits per heavy atom. The number of carbonyl (C=O) groups is 3. The van der Waals surface area contributed by atoms with Crippen LogP contribution in [-0.4, -0.2) is 78.7 Å². The maximum atomic E-state index is 12.9. The zero-order chi connectivity index (χ0) is 30.2. The third-order valence-corrected chi connectivity index (χ3v) is 7.18. The number of aliphatic hydroxyl groups excluding tert-OH is 3. The molecular weight excluding hydrogens is 536 g/mol. The predicted octanol–water partition coefficient (Wildman–Crippen LogP) is 1.84. The van der Waals surface area contributed by atoms with Crippen LogP contribution in [0.1, 0.15) is 103 Å². The van der Waals surface area contributed by atoms with E-state index in [4.69, 9.17) is 9.84 Å². The van der Waals surface area contributed by atoms with Gasteiger partial charge in [0.15, 0.2) is 6.23 Å². The molecule has 0 aliphatic carbocycles. The van der Waals surface area contributed by atoms with Crippen LogP contribution in [0.25, 0.3) is 0 Å². The SMILES string of the molecule is CCCCCCCCCCCCCC(=O)N[C@@H](CCC(=O)O)C(=O)Nc1ccn([C@H]2O[C@@H](CO)[C@H](O)[C@H]2O)c(=O)n1. The highest BCUT2D eigenvalue weighted by atomic mass is 16.6. The van der Waals surface area contributed by atoms with E-state index in [-0.39, 0.29) is 31.0 Å². The smallest absolute Gasteiger partial charge is 0.351 e. The summed E-state index contributed by atoms with van der Waals surface area (Å²) in [7, 11) is 0. The van der Waals surface area contributed by atoms with Crippen molar-refractivity contribution in [3.05, 3.63) is 22.7 Å². The van der Waals surface area contributed by atoms with Crippen molar-refractivity contribution < 1.29 is 39.5 Å². The molecule has 1 fully saturated rings. The average molecular weight is 583 g/mol. The molecule has 13 nitrogen and oxygen atoms in total. The van der Waals surface area contributed by atoms with Gasteiger partial charge in [0, 0.05) is 19.0 Å². The van der Waals surface area contributed by atoms with Gasteiger partial charge in [-0.1, -0.05) is 71.1 Å². The van der Waals surface area contributed by atoms with Gasteiger partial charge in [-0.3, -0.25) is 19.0 Å². The number of aromatic nitrogens is 2. The van der Waals surface area contributed by atoms with Gasteiger partial charge in [-0.25, -0.2) is 4.79 Å². The van der Waals surface area contributed by atoms with Crippen LogP contribution in [0.5, 0.6) is 0 Å². The Balaban J connectivity index is 1.83. The fourth-order valence-corrected chi connectivity index (χ4v) is 4.75. The van der Waals surface area contributed by atoms with Crippen molar-refractivity contribution in [2.45, 2.75) is 127 Å². The summed E-state index contributed by atoms with van der Waals surface area (Å²) in [6.07, 6.45) is 8.20. The lowest BCUT2D eigenvalue weighted by molar-refractivity contribution is -0.137. The van der Waals surface area contributed by atoms with Crippen LogP contribution in [0.2, 0.25) is 0 Å². The summed E-state index contributed by atoms with van der Waals surface area (Å²) in [6, 6.07) is 0.117. The average Bonchev–Trinajstić information content (AvgIpc) is 3.22. The Bertz CT molecular complexity index is 1020. The standard InChI is InChI=1S/C28H46N4O9/c1-2-3-4-5-6-7-8-9-10-11-12-13-22(34)29-19(14-15-23(35)36)26(39)30-21-16-17-32(28(40)31-21)27-25(38)24(37)20(18-33)41-27/h16-17,19-20,24-25,27,33,37-38H,2-15,18H2,1H3,(H,29,34)(H,35,36)(H,30,31,39,40)/t19-,20-,24-,25+,27-/m0/s1. The summed E-state index contributed by atoms with van der Waals surface area (Å²) in [6.45, 7) is 1.64. The molecule has 13 heteroatoms. The number of amides is 2. The second-order valence-electron chi connectivity index (χ2n) is 10.6.